The third kappa shape index (κ3) is 2.57. The Morgan fingerprint density at radius 3 is 2.44 bits per heavy atom. The lowest BCUT2D eigenvalue weighted by atomic mass is 10.0. The maximum atomic E-state index is 5.46. The van der Waals surface area contributed by atoms with Gasteiger partial charge in [0, 0.05) is 6.04 Å². The van der Waals surface area contributed by atoms with Crippen molar-refractivity contribution in [3.05, 3.63) is 37.6 Å². The fourth-order valence-electron chi connectivity index (χ4n) is 2.05. The van der Waals surface area contributed by atoms with Crippen LogP contribution in [0, 0.1) is 9.87 Å². The van der Waals surface area contributed by atoms with Crippen molar-refractivity contribution in [3.63, 3.8) is 0 Å². The molecule has 1 aromatic heterocycles. The van der Waals surface area contributed by atoms with Gasteiger partial charge in [0.1, 0.15) is 0 Å². The van der Waals surface area contributed by atoms with Gasteiger partial charge in [-0.05, 0) is 49.7 Å². The molecule has 1 heterocycles. The molecule has 2 rings (SSSR count). The minimum Gasteiger partial charge on any atom is -0.320 e. The summed E-state index contributed by atoms with van der Waals surface area (Å²) >= 11 is 7.16. The van der Waals surface area contributed by atoms with Crippen LogP contribution in [0.25, 0.3) is 12.2 Å². The average Bonchev–Trinajstić information content (AvgIpc) is 2.54. The van der Waals surface area contributed by atoms with Crippen molar-refractivity contribution in [3.8, 4) is 0 Å². The maximum absolute atomic E-state index is 5.46. The topological polar surface area (TPSA) is 4.93 Å². The van der Waals surface area contributed by atoms with Crippen LogP contribution in [-0.4, -0.2) is 4.57 Å². The van der Waals surface area contributed by atoms with Gasteiger partial charge < -0.3 is 4.57 Å². The highest BCUT2D eigenvalue weighted by Crippen LogP contribution is 2.12. The Balaban J connectivity index is 2.71. The van der Waals surface area contributed by atoms with Crippen LogP contribution in [0.15, 0.2) is 23.8 Å². The highest BCUT2D eigenvalue weighted by Gasteiger charge is 2.05. The van der Waals surface area contributed by atoms with E-state index in [1.807, 2.05) is 0 Å². The van der Waals surface area contributed by atoms with E-state index < -0.39 is 0 Å². The van der Waals surface area contributed by atoms with E-state index in [0.29, 0.717) is 12.0 Å². The minimum absolute atomic E-state index is 0.406. The molecule has 96 valence electrons. The van der Waals surface area contributed by atoms with E-state index in [1.54, 1.807) is 11.3 Å². The fraction of sp³-hybridized carbons (Fsp3) is 0.400. The molecule has 0 spiro atoms. The van der Waals surface area contributed by atoms with Gasteiger partial charge >= 0.3 is 0 Å². The molecule has 0 fully saturated rings. The number of aromatic nitrogens is 1. The zero-order chi connectivity index (χ0) is 13.3. The van der Waals surface area contributed by atoms with Gasteiger partial charge in [0.15, 0.2) is 3.95 Å². The van der Waals surface area contributed by atoms with Crippen molar-refractivity contribution in [1.29, 1.82) is 0 Å². The lowest BCUT2D eigenvalue weighted by Gasteiger charge is -2.08. The molecule has 0 bridgehead atoms. The molecule has 0 amide bonds. The van der Waals surface area contributed by atoms with E-state index in [1.165, 1.54) is 15.5 Å². The smallest absolute Gasteiger partial charge is 0.162 e. The number of hydrogen-bond donors (Lipinski definition) is 0. The van der Waals surface area contributed by atoms with Crippen LogP contribution in [0.2, 0.25) is 0 Å². The highest BCUT2D eigenvalue weighted by atomic mass is 32.1. The largest absolute Gasteiger partial charge is 0.320 e. The molecule has 0 saturated heterocycles. The number of nitrogens with zero attached hydrogens (tertiary/aromatic N) is 1. The molecule has 0 N–H and O–H groups in total. The average molecular weight is 277 g/mol. The zero-order valence-electron chi connectivity index (χ0n) is 11.3. The summed E-state index contributed by atoms with van der Waals surface area (Å²) in [6, 6.07) is 0.406. The van der Waals surface area contributed by atoms with Crippen LogP contribution in [0.4, 0.5) is 0 Å². The number of thiazole rings is 1. The van der Waals surface area contributed by atoms with Crippen LogP contribution in [0.1, 0.15) is 33.7 Å². The first-order chi connectivity index (χ1) is 8.50. The van der Waals surface area contributed by atoms with Crippen LogP contribution in [0.5, 0.6) is 0 Å². The van der Waals surface area contributed by atoms with Gasteiger partial charge in [-0.25, -0.2) is 0 Å². The van der Waals surface area contributed by atoms with Gasteiger partial charge in [-0.1, -0.05) is 32.1 Å². The number of allylic oxidation sites excluding steroid dienone is 4. The van der Waals surface area contributed by atoms with Gasteiger partial charge in [-0.3, -0.25) is 0 Å². The van der Waals surface area contributed by atoms with Crippen LogP contribution in [0.3, 0.4) is 0 Å². The molecule has 0 aliphatic heterocycles. The first-order valence-electron chi connectivity index (χ1n) is 6.32. The lowest BCUT2D eigenvalue weighted by molar-refractivity contribution is 0.584. The molecule has 1 aromatic rings. The van der Waals surface area contributed by atoms with Gasteiger partial charge in [-0.2, -0.15) is 0 Å². The predicted molar refractivity (Wildman–Crippen MR) is 83.8 cm³/mol. The Morgan fingerprint density at radius 1 is 1.11 bits per heavy atom. The summed E-state index contributed by atoms with van der Waals surface area (Å²) in [6.45, 7) is 8.78. The van der Waals surface area contributed by atoms with Crippen LogP contribution < -0.4 is 9.88 Å². The van der Waals surface area contributed by atoms with Gasteiger partial charge in [0.05, 0.1) is 9.88 Å². The van der Waals surface area contributed by atoms with Gasteiger partial charge in [0.25, 0.3) is 0 Å². The number of rotatable bonds is 2. The zero-order valence-corrected chi connectivity index (χ0v) is 12.9. The molecular formula is C15H19NS2. The molecule has 3 heteroatoms. The molecule has 1 nitrogen and oxygen atoms in total. The summed E-state index contributed by atoms with van der Waals surface area (Å²) in [4.78, 5) is 0. The normalized spacial score (nSPS) is 18.4. The van der Waals surface area contributed by atoms with E-state index in [-0.39, 0.29) is 0 Å². The first-order valence-corrected chi connectivity index (χ1v) is 7.55. The fourth-order valence-corrected chi connectivity index (χ4v) is 3.63. The minimum atomic E-state index is 0.406. The molecule has 18 heavy (non-hydrogen) atoms. The standard InChI is InChI=1S/C15H19NS2/c1-10(2)12-6-5-7-13-14(9-8-12)18-15(17)16(13)11(3)4/h5-11H,1-4H3/b6-5?,7-5?,9-8?,12-6?,12-8?,13-7+,14-9+. The Kier molecular flexibility index (Phi) is 4.03. The summed E-state index contributed by atoms with van der Waals surface area (Å²) in [5.74, 6) is 0.549. The molecule has 1 aliphatic carbocycles. The second-order valence-corrected chi connectivity index (χ2v) is 6.77. The van der Waals surface area contributed by atoms with Gasteiger partial charge in [-0.15, -0.1) is 11.3 Å². The van der Waals surface area contributed by atoms with Crippen molar-refractivity contribution in [2.45, 2.75) is 33.7 Å². The molecule has 0 unspecified atom stereocenters. The monoisotopic (exact) mass is 277 g/mol. The molecule has 0 atom stereocenters. The molecular weight excluding hydrogens is 258 g/mol. The van der Waals surface area contributed by atoms with E-state index in [4.69, 9.17) is 12.2 Å². The number of fused-ring (bicyclic) bond motifs is 1. The van der Waals surface area contributed by atoms with Crippen molar-refractivity contribution < 1.29 is 0 Å². The second kappa shape index (κ2) is 5.37. The quantitative estimate of drug-likeness (QED) is 0.748. The molecule has 1 aliphatic rings. The van der Waals surface area contributed by atoms with Crippen molar-refractivity contribution in [2.24, 2.45) is 5.92 Å². The second-order valence-electron chi connectivity index (χ2n) is 5.10. The van der Waals surface area contributed by atoms with E-state index >= 15 is 0 Å². The van der Waals surface area contributed by atoms with Crippen molar-refractivity contribution >= 4 is 35.7 Å². The first kappa shape index (κ1) is 13.5. The third-order valence-electron chi connectivity index (χ3n) is 3.06. The predicted octanol–water partition coefficient (Wildman–Crippen LogP) is 3.57. The summed E-state index contributed by atoms with van der Waals surface area (Å²) in [5.41, 5.74) is 1.35. The van der Waals surface area contributed by atoms with Crippen LogP contribution in [-0.2, 0) is 0 Å². The van der Waals surface area contributed by atoms with Crippen molar-refractivity contribution in [1.82, 2.24) is 4.57 Å². The Morgan fingerprint density at radius 2 is 1.83 bits per heavy atom. The summed E-state index contributed by atoms with van der Waals surface area (Å²) in [5, 5.41) is 1.23. The third-order valence-corrected chi connectivity index (χ3v) is 4.44. The van der Waals surface area contributed by atoms with Crippen LogP contribution >= 0.6 is 23.6 Å². The molecule has 0 saturated carbocycles. The Labute approximate surface area is 117 Å². The summed E-state index contributed by atoms with van der Waals surface area (Å²) < 4.78 is 4.44. The number of hydrogen-bond acceptors (Lipinski definition) is 2. The van der Waals surface area contributed by atoms with E-state index in [9.17, 15) is 0 Å². The summed E-state index contributed by atoms with van der Waals surface area (Å²) in [7, 11) is 0. The SMILES string of the molecule is CC(C)C1=C/C=c2/sc(=S)n(C(C)C)/c2=C/C=C1. The molecule has 0 aromatic carbocycles. The Hall–Kier alpha value is -0.930. The lowest BCUT2D eigenvalue weighted by Crippen LogP contribution is -2.29. The van der Waals surface area contributed by atoms with E-state index in [2.05, 4.69) is 62.6 Å². The van der Waals surface area contributed by atoms with E-state index in [0.717, 1.165) is 3.95 Å². The summed E-state index contributed by atoms with van der Waals surface area (Å²) in [6.07, 6.45) is 10.9. The van der Waals surface area contributed by atoms with Gasteiger partial charge in [0.2, 0.25) is 0 Å². The molecule has 0 radical (unpaired) electrons. The Bertz CT molecular complexity index is 666. The van der Waals surface area contributed by atoms with Crippen molar-refractivity contribution in [2.75, 3.05) is 0 Å². The maximum Gasteiger partial charge on any atom is 0.162 e. The highest BCUT2D eigenvalue weighted by molar-refractivity contribution is 7.73.